The first-order chi connectivity index (χ1) is 13.6. The minimum absolute atomic E-state index is 0.110. The molecule has 1 amide bonds. The zero-order valence-corrected chi connectivity index (χ0v) is 18.2. The van der Waals surface area contributed by atoms with Crippen molar-refractivity contribution in [1.82, 2.24) is 0 Å². The summed E-state index contributed by atoms with van der Waals surface area (Å²) in [6.07, 6.45) is 8.43. The van der Waals surface area contributed by atoms with E-state index in [-0.39, 0.29) is 46.7 Å². The number of hydrogen-bond donors (Lipinski definition) is 2. The van der Waals surface area contributed by atoms with E-state index in [1.54, 1.807) is 0 Å². The zero-order chi connectivity index (χ0) is 21.2. The number of nitrogens with two attached hydrogens (primary N) is 2. The fourth-order valence-electron chi connectivity index (χ4n) is 8.59. The van der Waals surface area contributed by atoms with Gasteiger partial charge in [-0.15, -0.1) is 4.91 Å². The lowest BCUT2D eigenvalue weighted by Crippen LogP contribution is -2.82. The molecular weight excluding hydrogens is 366 g/mol. The van der Waals surface area contributed by atoms with E-state index in [2.05, 4.69) is 25.9 Å². The minimum Gasteiger partial charge on any atom is -0.324 e. The highest BCUT2D eigenvalue weighted by Gasteiger charge is 2.73. The van der Waals surface area contributed by atoms with Gasteiger partial charge in [0.05, 0.1) is 0 Å². The topological polar surface area (TPSA) is 116 Å². The van der Waals surface area contributed by atoms with E-state index >= 15 is 0 Å². The van der Waals surface area contributed by atoms with Gasteiger partial charge in [0.15, 0.2) is 0 Å². The molecule has 0 aromatic heterocycles. The second-order valence-electron chi connectivity index (χ2n) is 11.0. The number of amides is 1. The molecule has 0 saturated heterocycles. The smallest absolute Gasteiger partial charge is 0.286 e. The largest absolute Gasteiger partial charge is 0.324 e. The lowest BCUT2D eigenvalue weighted by molar-refractivity contribution is -0.178. The first-order valence-corrected chi connectivity index (χ1v) is 11.6. The molecule has 0 bridgehead atoms. The van der Waals surface area contributed by atoms with Crippen molar-refractivity contribution in [3.63, 3.8) is 0 Å². The van der Waals surface area contributed by atoms with Crippen LogP contribution in [0.15, 0.2) is 5.18 Å². The van der Waals surface area contributed by atoms with Crippen molar-refractivity contribution < 1.29 is 9.59 Å². The van der Waals surface area contributed by atoms with Gasteiger partial charge in [0.25, 0.3) is 5.91 Å². The molecule has 0 heterocycles. The quantitative estimate of drug-likeness (QED) is 0.697. The predicted octanol–water partition coefficient (Wildman–Crippen LogP) is 3.70. The summed E-state index contributed by atoms with van der Waals surface area (Å²) in [5.74, 6) is -0.366. The van der Waals surface area contributed by atoms with E-state index in [9.17, 15) is 14.5 Å². The van der Waals surface area contributed by atoms with Crippen LogP contribution < -0.4 is 11.5 Å². The van der Waals surface area contributed by atoms with Gasteiger partial charge in [0, 0.05) is 39.9 Å². The van der Waals surface area contributed by atoms with Crippen LogP contribution in [-0.4, -0.2) is 22.8 Å². The van der Waals surface area contributed by atoms with Crippen LogP contribution >= 0.6 is 0 Å². The third-order valence-corrected chi connectivity index (χ3v) is 10.4. The molecule has 6 nitrogen and oxygen atoms in total. The Morgan fingerprint density at radius 2 is 1.76 bits per heavy atom. The Morgan fingerprint density at radius 1 is 1.07 bits per heavy atom. The average Bonchev–Trinajstić information content (AvgIpc) is 3.00. The molecule has 4 rings (SSSR count). The molecule has 4 aliphatic rings. The van der Waals surface area contributed by atoms with Gasteiger partial charge in [0.1, 0.15) is 5.78 Å². The third kappa shape index (κ3) is 2.48. The van der Waals surface area contributed by atoms with Crippen molar-refractivity contribution in [3.05, 3.63) is 4.91 Å². The lowest BCUT2D eigenvalue weighted by Gasteiger charge is -2.70. The normalized spacial score (nSPS) is 51.7. The molecule has 6 heteroatoms. The van der Waals surface area contributed by atoms with Gasteiger partial charge in [-0.3, -0.25) is 9.59 Å². The van der Waals surface area contributed by atoms with Crippen LogP contribution in [-0.2, 0) is 9.59 Å². The van der Waals surface area contributed by atoms with Gasteiger partial charge >= 0.3 is 0 Å². The summed E-state index contributed by atoms with van der Waals surface area (Å²) in [5.41, 5.74) is 12.9. The number of Topliss-reactive ketones (excluding diaryl/α,β-unsaturated/α-hetero) is 1. The van der Waals surface area contributed by atoms with Crippen molar-refractivity contribution in [2.24, 2.45) is 51.1 Å². The standard InChI is InChI=1S/C23H37N3O3/c1-4-15-19(28)18-16-8-7-14(13-17(27)26-29)20(16,2)11-12-23(18,25)21(3)9-5-6-10-22(15,21)24/h14-16,18H,4-13,24-25H2,1-3H3/t14?,15-,16?,18?,20?,21?,22?,23+/m0/s1. The highest BCUT2D eigenvalue weighted by molar-refractivity contribution is 5.89. The number of carbonyl (C=O) groups is 2. The summed E-state index contributed by atoms with van der Waals surface area (Å²) in [6, 6.07) is 0. The lowest BCUT2D eigenvalue weighted by atomic mass is 9.37. The third-order valence-electron chi connectivity index (χ3n) is 10.4. The SMILES string of the molecule is CC[C@H]1C(=O)C2C3CCC(CC(=O)N=O)C3(C)CC[C@]2(N)C2(C)CCCCC12N. The van der Waals surface area contributed by atoms with Gasteiger partial charge in [-0.1, -0.05) is 33.6 Å². The van der Waals surface area contributed by atoms with Crippen LogP contribution in [0.4, 0.5) is 0 Å². The number of fused-ring (bicyclic) bond motifs is 5. The van der Waals surface area contributed by atoms with Crippen LogP contribution in [0.25, 0.3) is 0 Å². The van der Waals surface area contributed by atoms with Gasteiger partial charge in [-0.05, 0) is 62.2 Å². The van der Waals surface area contributed by atoms with Gasteiger partial charge < -0.3 is 11.5 Å². The number of carbonyl (C=O) groups excluding carboxylic acids is 2. The van der Waals surface area contributed by atoms with E-state index < -0.39 is 17.0 Å². The van der Waals surface area contributed by atoms with Crippen LogP contribution in [0.5, 0.6) is 0 Å². The fourth-order valence-corrected chi connectivity index (χ4v) is 8.59. The Balaban J connectivity index is 1.77. The Hall–Kier alpha value is -1.14. The maximum atomic E-state index is 14.0. The number of nitroso groups, excluding NO2 is 1. The number of hydrogen-bond acceptors (Lipinski definition) is 5. The summed E-state index contributed by atoms with van der Waals surface area (Å²) >= 11 is 0. The second kappa shape index (κ2) is 6.68. The van der Waals surface area contributed by atoms with Crippen molar-refractivity contribution >= 4 is 11.7 Å². The zero-order valence-electron chi connectivity index (χ0n) is 18.2. The number of rotatable bonds is 3. The number of ketones is 1. The molecule has 0 aliphatic heterocycles. The van der Waals surface area contributed by atoms with E-state index in [0.717, 1.165) is 57.8 Å². The van der Waals surface area contributed by atoms with Crippen molar-refractivity contribution in [1.29, 1.82) is 0 Å². The van der Waals surface area contributed by atoms with Crippen molar-refractivity contribution in [2.45, 2.75) is 96.1 Å². The Kier molecular flexibility index (Phi) is 4.86. The summed E-state index contributed by atoms with van der Waals surface area (Å²) < 4.78 is 0. The maximum Gasteiger partial charge on any atom is 0.286 e. The summed E-state index contributed by atoms with van der Waals surface area (Å²) in [4.78, 5) is 36.5. The van der Waals surface area contributed by atoms with Gasteiger partial charge in [0.2, 0.25) is 0 Å². The molecule has 0 aromatic rings. The minimum atomic E-state index is -0.586. The van der Waals surface area contributed by atoms with Gasteiger partial charge in [-0.2, -0.15) is 0 Å². The maximum absolute atomic E-state index is 14.0. The molecular formula is C23H37N3O3. The van der Waals surface area contributed by atoms with Crippen LogP contribution in [0.2, 0.25) is 0 Å². The highest BCUT2D eigenvalue weighted by Crippen LogP contribution is 2.69. The molecule has 4 N–H and O–H groups in total. The molecule has 4 saturated carbocycles. The molecule has 6 unspecified atom stereocenters. The molecule has 4 fully saturated rings. The van der Waals surface area contributed by atoms with E-state index in [0.29, 0.717) is 0 Å². The first-order valence-electron chi connectivity index (χ1n) is 11.6. The molecule has 162 valence electrons. The first kappa shape index (κ1) is 21.1. The fraction of sp³-hybridized carbons (Fsp3) is 0.913. The van der Waals surface area contributed by atoms with E-state index in [1.165, 1.54) is 0 Å². The Labute approximate surface area is 173 Å². The molecule has 4 aliphatic carbocycles. The molecule has 8 atom stereocenters. The Morgan fingerprint density at radius 3 is 2.41 bits per heavy atom. The molecule has 0 spiro atoms. The van der Waals surface area contributed by atoms with Crippen LogP contribution in [0, 0.1) is 39.4 Å². The summed E-state index contributed by atoms with van der Waals surface area (Å²) in [5, 5.41) is 2.63. The highest BCUT2D eigenvalue weighted by atomic mass is 16.3. The number of nitrogens with zero attached hydrogens (tertiary/aromatic N) is 1. The monoisotopic (exact) mass is 403 g/mol. The summed E-state index contributed by atoms with van der Waals surface area (Å²) in [6.45, 7) is 6.57. The van der Waals surface area contributed by atoms with Crippen LogP contribution in [0.3, 0.4) is 0 Å². The molecule has 29 heavy (non-hydrogen) atoms. The predicted molar refractivity (Wildman–Crippen MR) is 112 cm³/mol. The van der Waals surface area contributed by atoms with E-state index in [4.69, 9.17) is 11.5 Å². The van der Waals surface area contributed by atoms with Gasteiger partial charge in [-0.25, -0.2) is 0 Å². The van der Waals surface area contributed by atoms with Crippen molar-refractivity contribution in [3.8, 4) is 0 Å². The average molecular weight is 404 g/mol. The van der Waals surface area contributed by atoms with E-state index in [1.807, 2.05) is 0 Å². The molecule has 0 aromatic carbocycles. The second-order valence-corrected chi connectivity index (χ2v) is 11.0. The Bertz CT molecular complexity index is 741. The molecule has 0 radical (unpaired) electrons. The van der Waals surface area contributed by atoms with Crippen LogP contribution in [0.1, 0.15) is 85.0 Å². The van der Waals surface area contributed by atoms with Crippen molar-refractivity contribution in [2.75, 3.05) is 0 Å². The summed E-state index contributed by atoms with van der Waals surface area (Å²) in [7, 11) is 0.